The molecule has 0 bridgehead atoms. The Kier molecular flexibility index (Phi) is 12.7. The second-order valence-corrected chi connectivity index (χ2v) is 10.4. The molecular formula is C27H40O4S. The Morgan fingerprint density at radius 1 is 1.16 bits per heavy atom. The normalized spacial score (nSPS) is 20.5. The molecule has 178 valence electrons. The van der Waals surface area contributed by atoms with Gasteiger partial charge in [0.1, 0.15) is 11.0 Å². The van der Waals surface area contributed by atoms with Crippen LogP contribution in [0.15, 0.2) is 47.4 Å². The van der Waals surface area contributed by atoms with E-state index in [9.17, 15) is 14.1 Å². The Hall–Kier alpha value is -1.59. The maximum absolute atomic E-state index is 13.5. The number of rotatable bonds is 15. The number of methoxy groups -OCH3 is 1. The molecule has 4 atom stereocenters. The van der Waals surface area contributed by atoms with Crippen molar-refractivity contribution in [1.82, 2.24) is 0 Å². The molecule has 0 aliphatic heterocycles. The Bertz CT molecular complexity index is 703. The SMILES string of the molecule is CCCCC/C=C/C(C1CCC(=O)C1CCCCCCC(=O)OC)[S+]([O-])c1ccccc1. The van der Waals surface area contributed by atoms with Crippen molar-refractivity contribution >= 4 is 22.9 Å². The number of carbonyl (C=O) groups is 2. The van der Waals surface area contributed by atoms with E-state index in [1.165, 1.54) is 20.0 Å². The van der Waals surface area contributed by atoms with Crippen molar-refractivity contribution in [1.29, 1.82) is 0 Å². The first-order chi connectivity index (χ1) is 15.6. The highest BCUT2D eigenvalue weighted by Gasteiger charge is 2.43. The highest BCUT2D eigenvalue weighted by Crippen LogP contribution is 2.39. The molecule has 1 aliphatic rings. The first-order valence-corrected chi connectivity index (χ1v) is 13.5. The first-order valence-electron chi connectivity index (χ1n) is 12.3. The topological polar surface area (TPSA) is 66.4 Å². The van der Waals surface area contributed by atoms with E-state index in [-0.39, 0.29) is 23.1 Å². The molecule has 0 saturated heterocycles. The largest absolute Gasteiger partial charge is 0.611 e. The average molecular weight is 461 g/mol. The Balaban J connectivity index is 2.00. The summed E-state index contributed by atoms with van der Waals surface area (Å²) in [6, 6.07) is 9.67. The highest BCUT2D eigenvalue weighted by molar-refractivity contribution is 7.92. The van der Waals surface area contributed by atoms with Crippen molar-refractivity contribution in [3.05, 3.63) is 42.5 Å². The fourth-order valence-electron chi connectivity index (χ4n) is 4.62. The zero-order valence-electron chi connectivity index (χ0n) is 19.8. The van der Waals surface area contributed by atoms with Crippen molar-refractivity contribution < 1.29 is 18.9 Å². The second kappa shape index (κ2) is 15.3. The van der Waals surface area contributed by atoms with E-state index in [1.54, 1.807) is 0 Å². The lowest BCUT2D eigenvalue weighted by Crippen LogP contribution is -2.32. The molecule has 1 aliphatic carbocycles. The van der Waals surface area contributed by atoms with Crippen LogP contribution in [0.3, 0.4) is 0 Å². The number of benzene rings is 1. The van der Waals surface area contributed by atoms with Crippen LogP contribution in [0.2, 0.25) is 0 Å². The zero-order chi connectivity index (χ0) is 23.2. The van der Waals surface area contributed by atoms with Crippen LogP contribution in [0, 0.1) is 11.8 Å². The van der Waals surface area contributed by atoms with Gasteiger partial charge in [0.25, 0.3) is 0 Å². The van der Waals surface area contributed by atoms with Gasteiger partial charge in [-0.1, -0.05) is 63.3 Å². The van der Waals surface area contributed by atoms with Gasteiger partial charge in [0.2, 0.25) is 0 Å². The standard InChI is InChI=1S/C27H40O4S/c1-3-4-5-6-13-18-26(32(30)22-15-10-9-11-16-22)24-20-21-25(28)23(24)17-12-7-8-14-19-27(29)31-2/h9-11,13,15-16,18,23-24,26H,3-8,12,14,17,19-21H2,1-2H3/b18-13+. The first kappa shape index (κ1) is 26.7. The Morgan fingerprint density at radius 3 is 2.62 bits per heavy atom. The van der Waals surface area contributed by atoms with Crippen molar-refractivity contribution in [2.45, 2.75) is 94.1 Å². The fourth-order valence-corrected chi connectivity index (χ4v) is 6.26. The minimum Gasteiger partial charge on any atom is -0.611 e. The number of ether oxygens (including phenoxy) is 1. The van der Waals surface area contributed by atoms with E-state index in [0.717, 1.165) is 56.3 Å². The number of hydrogen-bond acceptors (Lipinski definition) is 4. The number of Topliss-reactive ketones (excluding diaryl/α,β-unsaturated/α-hetero) is 1. The summed E-state index contributed by atoms with van der Waals surface area (Å²) in [4.78, 5) is 24.8. The minimum atomic E-state index is -1.16. The molecule has 0 aromatic heterocycles. The van der Waals surface area contributed by atoms with E-state index < -0.39 is 11.2 Å². The van der Waals surface area contributed by atoms with Gasteiger partial charge in [-0.25, -0.2) is 0 Å². The number of esters is 1. The van der Waals surface area contributed by atoms with Crippen LogP contribution in [-0.4, -0.2) is 28.7 Å². The predicted octanol–water partition coefficient (Wildman–Crippen LogP) is 6.41. The van der Waals surface area contributed by atoms with Crippen LogP contribution >= 0.6 is 0 Å². The maximum Gasteiger partial charge on any atom is 0.305 e. The number of unbranched alkanes of at least 4 members (excludes halogenated alkanes) is 6. The predicted molar refractivity (Wildman–Crippen MR) is 131 cm³/mol. The summed E-state index contributed by atoms with van der Waals surface area (Å²) in [5, 5.41) is -0.116. The van der Waals surface area contributed by atoms with Gasteiger partial charge in [0, 0.05) is 24.7 Å². The van der Waals surface area contributed by atoms with Crippen LogP contribution in [-0.2, 0) is 25.5 Å². The summed E-state index contributed by atoms with van der Waals surface area (Å²) in [7, 11) is 1.42. The van der Waals surface area contributed by atoms with Gasteiger partial charge in [0.15, 0.2) is 4.90 Å². The van der Waals surface area contributed by atoms with Crippen molar-refractivity contribution in [2.24, 2.45) is 11.8 Å². The molecule has 0 heterocycles. The monoisotopic (exact) mass is 460 g/mol. The van der Waals surface area contributed by atoms with E-state index in [4.69, 9.17) is 0 Å². The van der Waals surface area contributed by atoms with Gasteiger partial charge < -0.3 is 9.29 Å². The molecule has 32 heavy (non-hydrogen) atoms. The Morgan fingerprint density at radius 2 is 1.91 bits per heavy atom. The van der Waals surface area contributed by atoms with Gasteiger partial charge in [-0.15, -0.1) is 0 Å². The summed E-state index contributed by atoms with van der Waals surface area (Å²) in [6.07, 6.45) is 15.4. The number of allylic oxidation sites excluding steroid dienone is 1. The number of hydrogen-bond donors (Lipinski definition) is 0. The van der Waals surface area contributed by atoms with Gasteiger partial charge in [0.05, 0.1) is 7.11 Å². The van der Waals surface area contributed by atoms with Crippen molar-refractivity contribution in [2.75, 3.05) is 7.11 Å². The third-order valence-electron chi connectivity index (χ3n) is 6.47. The van der Waals surface area contributed by atoms with E-state index >= 15 is 0 Å². The molecule has 0 spiro atoms. The van der Waals surface area contributed by atoms with E-state index in [0.29, 0.717) is 18.6 Å². The van der Waals surface area contributed by atoms with Gasteiger partial charge in [-0.2, -0.15) is 0 Å². The molecule has 1 aromatic carbocycles. The molecule has 4 nitrogen and oxygen atoms in total. The molecule has 0 radical (unpaired) electrons. The number of carbonyl (C=O) groups excluding carboxylic acids is 2. The van der Waals surface area contributed by atoms with Crippen LogP contribution in [0.4, 0.5) is 0 Å². The molecule has 0 amide bonds. The van der Waals surface area contributed by atoms with Crippen LogP contribution < -0.4 is 0 Å². The van der Waals surface area contributed by atoms with Crippen molar-refractivity contribution in [3.63, 3.8) is 0 Å². The maximum atomic E-state index is 13.5. The lowest BCUT2D eigenvalue weighted by atomic mass is 9.87. The van der Waals surface area contributed by atoms with E-state index in [2.05, 4.69) is 23.8 Å². The third-order valence-corrected chi connectivity index (χ3v) is 8.21. The van der Waals surface area contributed by atoms with Crippen LogP contribution in [0.1, 0.15) is 84.0 Å². The lowest BCUT2D eigenvalue weighted by Gasteiger charge is -2.27. The summed E-state index contributed by atoms with van der Waals surface area (Å²) < 4.78 is 18.2. The Labute approximate surface area is 197 Å². The molecule has 0 N–H and O–H groups in total. The summed E-state index contributed by atoms with van der Waals surface area (Å²) in [5.41, 5.74) is 0. The fraction of sp³-hybridized carbons (Fsp3) is 0.630. The molecular weight excluding hydrogens is 420 g/mol. The molecule has 1 saturated carbocycles. The molecule has 4 unspecified atom stereocenters. The molecule has 1 fully saturated rings. The smallest absolute Gasteiger partial charge is 0.305 e. The third kappa shape index (κ3) is 8.74. The van der Waals surface area contributed by atoms with Gasteiger partial charge in [-0.05, 0) is 61.5 Å². The van der Waals surface area contributed by atoms with Gasteiger partial charge >= 0.3 is 5.97 Å². The quantitative estimate of drug-likeness (QED) is 0.131. The minimum absolute atomic E-state index is 0.00596. The molecule has 1 aromatic rings. The van der Waals surface area contributed by atoms with Crippen LogP contribution in [0.25, 0.3) is 0 Å². The molecule has 5 heteroatoms. The molecule has 2 rings (SSSR count). The zero-order valence-corrected chi connectivity index (χ0v) is 20.6. The summed E-state index contributed by atoms with van der Waals surface area (Å²) in [5.74, 6) is 0.307. The van der Waals surface area contributed by atoms with Crippen molar-refractivity contribution in [3.8, 4) is 0 Å². The van der Waals surface area contributed by atoms with Crippen LogP contribution in [0.5, 0.6) is 0 Å². The lowest BCUT2D eigenvalue weighted by molar-refractivity contribution is -0.140. The highest BCUT2D eigenvalue weighted by atomic mass is 32.2. The summed E-state index contributed by atoms with van der Waals surface area (Å²) >= 11 is -1.16. The van der Waals surface area contributed by atoms with Gasteiger partial charge in [-0.3, -0.25) is 9.59 Å². The second-order valence-electron chi connectivity index (χ2n) is 8.80. The average Bonchev–Trinajstić information content (AvgIpc) is 3.18. The summed E-state index contributed by atoms with van der Waals surface area (Å²) in [6.45, 7) is 2.20. The van der Waals surface area contributed by atoms with E-state index in [1.807, 2.05) is 30.3 Å². The number of ketones is 1.